The summed E-state index contributed by atoms with van der Waals surface area (Å²) < 4.78 is 15.1. The van der Waals surface area contributed by atoms with Crippen LogP contribution in [0.3, 0.4) is 0 Å². The molecule has 1 N–H and O–H groups in total. The molecule has 1 heterocycles. The van der Waals surface area contributed by atoms with Gasteiger partial charge in [-0.1, -0.05) is 30.3 Å². The number of nitrogens with one attached hydrogen (secondary N) is 1. The van der Waals surface area contributed by atoms with Crippen molar-refractivity contribution in [3.05, 3.63) is 83.9 Å². The van der Waals surface area contributed by atoms with Crippen LogP contribution in [0.2, 0.25) is 0 Å². The van der Waals surface area contributed by atoms with E-state index in [1.807, 2.05) is 41.2 Å². The first-order valence-electron chi connectivity index (χ1n) is 6.85. The average molecular weight is 281 g/mol. The Bertz CT molecular complexity index is 708. The van der Waals surface area contributed by atoms with Crippen LogP contribution in [0.15, 0.2) is 67.0 Å². The first kappa shape index (κ1) is 13.4. The zero-order valence-electron chi connectivity index (χ0n) is 11.5. The summed E-state index contributed by atoms with van der Waals surface area (Å²) in [7, 11) is 0. The smallest absolute Gasteiger partial charge is 0.123 e. The molecule has 0 saturated carbocycles. The number of nitrogens with zero attached hydrogens (tertiary/aromatic N) is 2. The number of halogens is 1. The second kappa shape index (κ2) is 6.22. The predicted molar refractivity (Wildman–Crippen MR) is 81.5 cm³/mol. The molecule has 0 saturated heterocycles. The zero-order valence-corrected chi connectivity index (χ0v) is 11.5. The zero-order chi connectivity index (χ0) is 14.5. The maximum absolute atomic E-state index is 13.2. The number of benzene rings is 2. The van der Waals surface area contributed by atoms with E-state index in [-0.39, 0.29) is 5.82 Å². The summed E-state index contributed by atoms with van der Waals surface area (Å²) in [6, 6.07) is 16.6. The first-order valence-corrected chi connectivity index (χ1v) is 6.85. The largest absolute Gasteiger partial charge is 0.381 e. The van der Waals surface area contributed by atoms with Crippen molar-refractivity contribution in [3.63, 3.8) is 0 Å². The molecule has 3 nitrogen and oxygen atoms in total. The Hall–Kier alpha value is -2.62. The van der Waals surface area contributed by atoms with Gasteiger partial charge in [-0.3, -0.25) is 4.68 Å². The molecule has 0 bridgehead atoms. The molecule has 0 aliphatic carbocycles. The summed E-state index contributed by atoms with van der Waals surface area (Å²) in [6.07, 6.45) is 3.70. The molecule has 21 heavy (non-hydrogen) atoms. The highest BCUT2D eigenvalue weighted by Crippen LogP contribution is 2.17. The van der Waals surface area contributed by atoms with Gasteiger partial charge in [-0.15, -0.1) is 0 Å². The number of aromatic nitrogens is 2. The van der Waals surface area contributed by atoms with Gasteiger partial charge in [0.05, 0.1) is 6.54 Å². The van der Waals surface area contributed by atoms with Crippen LogP contribution < -0.4 is 5.32 Å². The fraction of sp³-hybridized carbons (Fsp3) is 0.118. The molecule has 2 aromatic carbocycles. The van der Waals surface area contributed by atoms with E-state index in [4.69, 9.17) is 0 Å². The minimum atomic E-state index is -0.209. The SMILES string of the molecule is Fc1cccc(CNc2ccccc2Cn2cccn2)c1. The lowest BCUT2D eigenvalue weighted by atomic mass is 10.1. The Labute approximate surface area is 123 Å². The summed E-state index contributed by atoms with van der Waals surface area (Å²) in [5.74, 6) is -0.209. The van der Waals surface area contributed by atoms with Crippen molar-refractivity contribution in [1.82, 2.24) is 9.78 Å². The molecule has 3 aromatic rings. The number of hydrogen-bond donors (Lipinski definition) is 1. The summed E-state index contributed by atoms with van der Waals surface area (Å²) in [5.41, 5.74) is 3.11. The average Bonchev–Trinajstić information content (AvgIpc) is 2.99. The van der Waals surface area contributed by atoms with Gasteiger partial charge in [0.15, 0.2) is 0 Å². The Kier molecular flexibility index (Phi) is 3.96. The van der Waals surface area contributed by atoms with Crippen molar-refractivity contribution in [1.29, 1.82) is 0 Å². The maximum atomic E-state index is 13.2. The van der Waals surface area contributed by atoms with E-state index in [1.54, 1.807) is 18.3 Å². The van der Waals surface area contributed by atoms with Gasteiger partial charge in [0.25, 0.3) is 0 Å². The molecule has 1 aromatic heterocycles. The number of hydrogen-bond acceptors (Lipinski definition) is 2. The first-order chi connectivity index (χ1) is 10.3. The highest BCUT2D eigenvalue weighted by atomic mass is 19.1. The van der Waals surface area contributed by atoms with Crippen molar-refractivity contribution in [2.45, 2.75) is 13.1 Å². The van der Waals surface area contributed by atoms with E-state index < -0.39 is 0 Å². The Balaban J connectivity index is 1.73. The highest BCUT2D eigenvalue weighted by Gasteiger charge is 2.03. The molecular weight excluding hydrogens is 265 g/mol. The van der Waals surface area contributed by atoms with Crippen molar-refractivity contribution in [2.75, 3.05) is 5.32 Å². The van der Waals surface area contributed by atoms with Crippen LogP contribution in [-0.2, 0) is 13.1 Å². The van der Waals surface area contributed by atoms with Crippen LogP contribution in [0.4, 0.5) is 10.1 Å². The second-order valence-electron chi connectivity index (χ2n) is 4.84. The van der Waals surface area contributed by atoms with E-state index in [2.05, 4.69) is 16.5 Å². The number of rotatable bonds is 5. The van der Waals surface area contributed by atoms with Crippen LogP contribution in [0, 0.1) is 5.82 Å². The van der Waals surface area contributed by atoms with Crippen molar-refractivity contribution in [3.8, 4) is 0 Å². The van der Waals surface area contributed by atoms with Crippen LogP contribution in [0.5, 0.6) is 0 Å². The molecule has 106 valence electrons. The van der Waals surface area contributed by atoms with E-state index in [9.17, 15) is 4.39 Å². The number of anilines is 1. The second-order valence-corrected chi connectivity index (χ2v) is 4.84. The Morgan fingerprint density at radius 3 is 2.76 bits per heavy atom. The van der Waals surface area contributed by atoms with Gasteiger partial charge in [0, 0.05) is 24.6 Å². The van der Waals surface area contributed by atoms with E-state index in [0.29, 0.717) is 13.1 Å². The molecule has 0 spiro atoms. The Morgan fingerprint density at radius 2 is 1.95 bits per heavy atom. The number of para-hydroxylation sites is 1. The van der Waals surface area contributed by atoms with Crippen LogP contribution in [-0.4, -0.2) is 9.78 Å². The third-order valence-corrected chi connectivity index (χ3v) is 3.28. The lowest BCUT2D eigenvalue weighted by Gasteiger charge is -2.12. The van der Waals surface area contributed by atoms with Gasteiger partial charge in [-0.2, -0.15) is 5.10 Å². The molecule has 3 rings (SSSR count). The Morgan fingerprint density at radius 1 is 1.05 bits per heavy atom. The standard InChI is InChI=1S/C17H16FN3/c18-16-7-3-5-14(11-16)12-19-17-8-2-1-6-15(17)13-21-10-4-9-20-21/h1-11,19H,12-13H2. The summed E-state index contributed by atoms with van der Waals surface area (Å²) in [4.78, 5) is 0. The van der Waals surface area contributed by atoms with Gasteiger partial charge < -0.3 is 5.32 Å². The molecular formula is C17H16FN3. The quantitative estimate of drug-likeness (QED) is 0.773. The molecule has 0 unspecified atom stereocenters. The summed E-state index contributed by atoms with van der Waals surface area (Å²) in [6.45, 7) is 1.30. The van der Waals surface area contributed by atoms with E-state index in [0.717, 1.165) is 16.8 Å². The van der Waals surface area contributed by atoms with Crippen LogP contribution in [0.25, 0.3) is 0 Å². The molecule has 0 aliphatic heterocycles. The molecule has 0 amide bonds. The predicted octanol–water partition coefficient (Wildman–Crippen LogP) is 3.68. The minimum Gasteiger partial charge on any atom is -0.381 e. The molecule has 0 radical (unpaired) electrons. The fourth-order valence-electron chi connectivity index (χ4n) is 2.24. The summed E-state index contributed by atoms with van der Waals surface area (Å²) >= 11 is 0. The van der Waals surface area contributed by atoms with Crippen LogP contribution in [0.1, 0.15) is 11.1 Å². The third-order valence-electron chi connectivity index (χ3n) is 3.28. The van der Waals surface area contributed by atoms with Crippen molar-refractivity contribution >= 4 is 5.69 Å². The van der Waals surface area contributed by atoms with E-state index >= 15 is 0 Å². The fourth-order valence-corrected chi connectivity index (χ4v) is 2.24. The van der Waals surface area contributed by atoms with Gasteiger partial charge in [-0.25, -0.2) is 4.39 Å². The highest BCUT2D eigenvalue weighted by molar-refractivity contribution is 5.51. The minimum absolute atomic E-state index is 0.209. The maximum Gasteiger partial charge on any atom is 0.123 e. The van der Waals surface area contributed by atoms with Gasteiger partial charge in [0.2, 0.25) is 0 Å². The molecule has 0 aliphatic rings. The van der Waals surface area contributed by atoms with Gasteiger partial charge in [-0.05, 0) is 35.4 Å². The van der Waals surface area contributed by atoms with Gasteiger partial charge in [0.1, 0.15) is 5.82 Å². The lowest BCUT2D eigenvalue weighted by molar-refractivity contribution is 0.626. The molecule has 0 fully saturated rings. The lowest BCUT2D eigenvalue weighted by Crippen LogP contribution is -2.06. The van der Waals surface area contributed by atoms with Gasteiger partial charge >= 0.3 is 0 Å². The molecule has 0 atom stereocenters. The van der Waals surface area contributed by atoms with E-state index in [1.165, 1.54) is 6.07 Å². The molecule has 4 heteroatoms. The third kappa shape index (κ3) is 3.48. The normalized spacial score (nSPS) is 10.5. The van der Waals surface area contributed by atoms with Crippen molar-refractivity contribution in [2.24, 2.45) is 0 Å². The van der Waals surface area contributed by atoms with Crippen molar-refractivity contribution < 1.29 is 4.39 Å². The summed E-state index contributed by atoms with van der Waals surface area (Å²) in [5, 5.41) is 7.58. The topological polar surface area (TPSA) is 29.9 Å². The van der Waals surface area contributed by atoms with Crippen LogP contribution >= 0.6 is 0 Å². The monoisotopic (exact) mass is 281 g/mol.